The number of hydrogen-bond donors (Lipinski definition) is 0. The third-order valence-electron chi connectivity index (χ3n) is 7.00. The van der Waals surface area contributed by atoms with Crippen LogP contribution >= 0.6 is 0 Å². The van der Waals surface area contributed by atoms with Crippen molar-refractivity contribution in [3.05, 3.63) is 82.9 Å². The fourth-order valence-electron chi connectivity index (χ4n) is 5.35. The van der Waals surface area contributed by atoms with Crippen molar-refractivity contribution in [3.63, 3.8) is 0 Å². The molecule has 3 aromatic rings. The van der Waals surface area contributed by atoms with Gasteiger partial charge in [-0.15, -0.1) is 0 Å². The Morgan fingerprint density at radius 1 is 0.848 bits per heavy atom. The second-order valence-corrected chi connectivity index (χ2v) is 8.96. The highest BCUT2D eigenvalue weighted by molar-refractivity contribution is 5.54. The lowest BCUT2D eigenvalue weighted by Crippen LogP contribution is -2.33. The van der Waals surface area contributed by atoms with E-state index in [1.54, 1.807) is 7.11 Å². The summed E-state index contributed by atoms with van der Waals surface area (Å²) >= 11 is 0. The lowest BCUT2D eigenvalue weighted by Gasteiger charge is -2.41. The summed E-state index contributed by atoms with van der Waals surface area (Å²) in [6.45, 7) is 0.770. The number of methoxy groups -OCH3 is 1. The van der Waals surface area contributed by atoms with Gasteiger partial charge in [-0.1, -0.05) is 49.2 Å². The predicted octanol–water partition coefficient (Wildman–Crippen LogP) is 6.15. The summed E-state index contributed by atoms with van der Waals surface area (Å²) in [4.78, 5) is 0. The number of rotatable bonds is 5. The van der Waals surface area contributed by atoms with Crippen molar-refractivity contribution in [1.29, 1.82) is 0 Å². The molecule has 33 heavy (non-hydrogen) atoms. The molecule has 0 bridgehead atoms. The molecule has 0 saturated heterocycles. The Morgan fingerprint density at radius 3 is 2.45 bits per heavy atom. The quantitative estimate of drug-likeness (QED) is 0.472. The van der Waals surface area contributed by atoms with Gasteiger partial charge in [0.2, 0.25) is 6.79 Å². The van der Waals surface area contributed by atoms with Gasteiger partial charge in [-0.25, -0.2) is 0 Å². The molecular weight excluding hydrogens is 416 g/mol. The van der Waals surface area contributed by atoms with Gasteiger partial charge in [0.25, 0.3) is 0 Å². The van der Waals surface area contributed by atoms with Crippen LogP contribution in [0.2, 0.25) is 0 Å². The molecule has 0 unspecified atom stereocenters. The average Bonchev–Trinajstić information content (AvgIpc) is 3.34. The van der Waals surface area contributed by atoms with E-state index in [2.05, 4.69) is 30.3 Å². The lowest BCUT2D eigenvalue weighted by atomic mass is 9.76. The molecule has 1 saturated carbocycles. The zero-order valence-electron chi connectivity index (χ0n) is 18.8. The van der Waals surface area contributed by atoms with Gasteiger partial charge < -0.3 is 23.7 Å². The largest absolute Gasteiger partial charge is 0.493 e. The van der Waals surface area contributed by atoms with Crippen molar-refractivity contribution in [2.75, 3.05) is 13.9 Å². The van der Waals surface area contributed by atoms with E-state index in [0.717, 1.165) is 41.2 Å². The van der Waals surface area contributed by atoms with Crippen LogP contribution in [0.4, 0.5) is 0 Å². The Bertz CT molecular complexity index is 1140. The Labute approximate surface area is 194 Å². The number of fused-ring (bicyclic) bond motifs is 4. The van der Waals surface area contributed by atoms with Gasteiger partial charge in [0.05, 0.1) is 13.2 Å². The van der Waals surface area contributed by atoms with Gasteiger partial charge in [0.15, 0.2) is 23.0 Å². The first-order chi connectivity index (χ1) is 16.3. The normalized spacial score (nSPS) is 22.9. The van der Waals surface area contributed by atoms with E-state index < -0.39 is 0 Å². The van der Waals surface area contributed by atoms with E-state index in [4.69, 9.17) is 23.7 Å². The van der Waals surface area contributed by atoms with Crippen LogP contribution in [-0.4, -0.2) is 20.0 Å². The van der Waals surface area contributed by atoms with Crippen LogP contribution in [0.25, 0.3) is 0 Å². The maximum Gasteiger partial charge on any atom is 0.231 e. The van der Waals surface area contributed by atoms with Crippen molar-refractivity contribution in [3.8, 4) is 23.0 Å². The maximum absolute atomic E-state index is 6.74. The molecule has 3 aliphatic rings. The van der Waals surface area contributed by atoms with E-state index in [9.17, 15) is 0 Å². The Kier molecular flexibility index (Phi) is 5.35. The Balaban J connectivity index is 1.34. The number of ether oxygens (including phenoxy) is 5. The molecule has 0 N–H and O–H groups in total. The summed E-state index contributed by atoms with van der Waals surface area (Å²) in [5.74, 6) is 3.49. The van der Waals surface area contributed by atoms with Gasteiger partial charge in [-0.3, -0.25) is 0 Å². The first-order valence-electron chi connectivity index (χ1n) is 11.7. The van der Waals surface area contributed by atoms with E-state index in [1.165, 1.54) is 24.0 Å². The Morgan fingerprint density at radius 2 is 1.64 bits per heavy atom. The minimum absolute atomic E-state index is 0.175. The van der Waals surface area contributed by atoms with Crippen molar-refractivity contribution in [2.24, 2.45) is 0 Å². The van der Waals surface area contributed by atoms with E-state index in [1.807, 2.05) is 30.3 Å². The SMILES string of the molecule is COc1cc([C@H]2O[C@@H]3CCCC[C@@H]3c3cc4c(cc32)OCO4)ccc1OCc1ccccc1. The highest BCUT2D eigenvalue weighted by Gasteiger charge is 2.39. The fraction of sp³-hybridized carbons (Fsp3) is 0.357. The van der Waals surface area contributed by atoms with E-state index in [-0.39, 0.29) is 19.0 Å². The second kappa shape index (κ2) is 8.64. The molecule has 0 amide bonds. The van der Waals surface area contributed by atoms with Crippen LogP contribution in [0.3, 0.4) is 0 Å². The molecule has 5 heteroatoms. The average molecular weight is 445 g/mol. The molecule has 2 heterocycles. The summed E-state index contributed by atoms with van der Waals surface area (Å²) in [6, 6.07) is 20.6. The van der Waals surface area contributed by atoms with Crippen LogP contribution in [0.15, 0.2) is 60.7 Å². The third-order valence-corrected chi connectivity index (χ3v) is 7.00. The summed E-state index contributed by atoms with van der Waals surface area (Å²) in [5.41, 5.74) is 4.68. The van der Waals surface area contributed by atoms with Gasteiger partial charge in [-0.2, -0.15) is 0 Å². The van der Waals surface area contributed by atoms with Gasteiger partial charge in [0, 0.05) is 5.92 Å². The fourth-order valence-corrected chi connectivity index (χ4v) is 5.35. The molecule has 1 aliphatic carbocycles. The van der Waals surface area contributed by atoms with Gasteiger partial charge in [0.1, 0.15) is 12.7 Å². The number of hydrogen-bond acceptors (Lipinski definition) is 5. The van der Waals surface area contributed by atoms with Crippen molar-refractivity contribution in [2.45, 2.75) is 50.4 Å². The zero-order valence-corrected chi connectivity index (χ0v) is 18.8. The molecular formula is C28H28O5. The number of benzene rings is 3. The molecule has 3 atom stereocenters. The van der Waals surface area contributed by atoms with Crippen LogP contribution < -0.4 is 18.9 Å². The first-order valence-corrected chi connectivity index (χ1v) is 11.7. The Hall–Kier alpha value is -3.18. The molecule has 2 aliphatic heterocycles. The molecule has 0 radical (unpaired) electrons. The van der Waals surface area contributed by atoms with Gasteiger partial charge >= 0.3 is 0 Å². The highest BCUT2D eigenvalue weighted by Crippen LogP contribution is 2.51. The molecule has 3 aromatic carbocycles. The summed E-state index contributed by atoms with van der Waals surface area (Å²) in [5, 5.41) is 0. The van der Waals surface area contributed by atoms with Crippen LogP contribution in [0, 0.1) is 0 Å². The van der Waals surface area contributed by atoms with E-state index >= 15 is 0 Å². The maximum atomic E-state index is 6.74. The minimum atomic E-state index is -0.175. The lowest BCUT2D eigenvalue weighted by molar-refractivity contribution is -0.0390. The molecule has 0 aromatic heterocycles. The third kappa shape index (κ3) is 3.80. The molecule has 1 fully saturated rings. The zero-order chi connectivity index (χ0) is 22.2. The molecule has 0 spiro atoms. The van der Waals surface area contributed by atoms with Crippen LogP contribution in [0.5, 0.6) is 23.0 Å². The first kappa shape index (κ1) is 20.4. The predicted molar refractivity (Wildman–Crippen MR) is 124 cm³/mol. The molecule has 170 valence electrons. The summed E-state index contributed by atoms with van der Waals surface area (Å²) in [7, 11) is 1.68. The van der Waals surface area contributed by atoms with Crippen LogP contribution in [-0.2, 0) is 11.3 Å². The van der Waals surface area contributed by atoms with E-state index in [0.29, 0.717) is 18.3 Å². The molecule has 5 nitrogen and oxygen atoms in total. The molecule has 6 rings (SSSR count). The monoisotopic (exact) mass is 444 g/mol. The van der Waals surface area contributed by atoms with Crippen LogP contribution in [0.1, 0.15) is 60.0 Å². The second-order valence-electron chi connectivity index (χ2n) is 8.96. The van der Waals surface area contributed by atoms with Crippen molar-refractivity contribution in [1.82, 2.24) is 0 Å². The van der Waals surface area contributed by atoms with Crippen molar-refractivity contribution >= 4 is 0 Å². The smallest absolute Gasteiger partial charge is 0.231 e. The topological polar surface area (TPSA) is 46.2 Å². The summed E-state index contributed by atoms with van der Waals surface area (Å²) in [6.07, 6.45) is 4.74. The van der Waals surface area contributed by atoms with Gasteiger partial charge in [-0.05, 0) is 59.4 Å². The summed E-state index contributed by atoms with van der Waals surface area (Å²) < 4.78 is 29.9. The highest BCUT2D eigenvalue weighted by atomic mass is 16.7. The van der Waals surface area contributed by atoms with Crippen molar-refractivity contribution < 1.29 is 23.7 Å². The standard InChI is InChI=1S/C28H28O5/c1-29-25-13-19(11-12-24(25)30-16-18-7-3-2-4-8-18)28-22-15-27-26(31-17-32-27)14-21(22)20-9-5-6-10-23(20)33-28/h2-4,7-8,11-15,20,23,28H,5-6,9-10,16-17H2,1H3/t20-,23-,28-/m1/s1. The minimum Gasteiger partial charge on any atom is -0.493 e.